The van der Waals surface area contributed by atoms with Crippen molar-refractivity contribution in [3.63, 3.8) is 0 Å². The number of methoxy groups -OCH3 is 1. The number of rotatable bonds is 1. The summed E-state index contributed by atoms with van der Waals surface area (Å²) in [5, 5.41) is 2.42. The van der Waals surface area contributed by atoms with Gasteiger partial charge < -0.3 is 4.74 Å². The number of nitrogens with one attached hydrogen (secondary N) is 1. The van der Waals surface area contributed by atoms with Gasteiger partial charge in [0.05, 0.1) is 17.4 Å². The SMILES string of the molecule is COC12C=CC(CC1)C1C(=O)NC(=O)C12. The van der Waals surface area contributed by atoms with Gasteiger partial charge in [-0.25, -0.2) is 0 Å². The Kier molecular flexibility index (Phi) is 1.63. The van der Waals surface area contributed by atoms with Gasteiger partial charge in [-0.2, -0.15) is 0 Å². The van der Waals surface area contributed by atoms with Gasteiger partial charge in [0.2, 0.25) is 11.8 Å². The minimum atomic E-state index is -0.532. The van der Waals surface area contributed by atoms with Crippen LogP contribution in [0.5, 0.6) is 0 Å². The molecular formula is C11H13NO3. The molecule has 1 saturated carbocycles. The number of amides is 2. The number of ether oxygens (including phenoxy) is 1. The molecule has 1 heterocycles. The van der Waals surface area contributed by atoms with Gasteiger partial charge in [0.15, 0.2) is 0 Å². The Morgan fingerprint density at radius 3 is 2.87 bits per heavy atom. The molecular weight excluding hydrogens is 194 g/mol. The molecule has 4 nitrogen and oxygen atoms in total. The quantitative estimate of drug-likeness (QED) is 0.495. The molecule has 0 aromatic rings. The van der Waals surface area contributed by atoms with Crippen LogP contribution < -0.4 is 5.32 Å². The van der Waals surface area contributed by atoms with Crippen LogP contribution in [0.1, 0.15) is 12.8 Å². The van der Waals surface area contributed by atoms with E-state index < -0.39 is 5.60 Å². The van der Waals surface area contributed by atoms with Gasteiger partial charge in [-0.05, 0) is 18.8 Å². The number of fused-ring (bicyclic) bond motifs is 1. The van der Waals surface area contributed by atoms with E-state index in [1.807, 2.05) is 12.2 Å². The summed E-state index contributed by atoms with van der Waals surface area (Å²) in [6.45, 7) is 0. The maximum atomic E-state index is 11.7. The lowest BCUT2D eigenvalue weighted by Gasteiger charge is -2.46. The first-order valence-electron chi connectivity index (χ1n) is 5.27. The molecule has 0 aromatic heterocycles. The highest BCUT2D eigenvalue weighted by molar-refractivity contribution is 6.06. The molecule has 4 unspecified atom stereocenters. The molecule has 0 spiro atoms. The van der Waals surface area contributed by atoms with Crippen molar-refractivity contribution < 1.29 is 14.3 Å². The predicted molar refractivity (Wildman–Crippen MR) is 51.7 cm³/mol. The van der Waals surface area contributed by atoms with Crippen molar-refractivity contribution in [2.45, 2.75) is 18.4 Å². The van der Waals surface area contributed by atoms with Crippen molar-refractivity contribution in [1.29, 1.82) is 0 Å². The highest BCUT2D eigenvalue weighted by Gasteiger charge is 2.60. The lowest BCUT2D eigenvalue weighted by atomic mass is 9.60. The molecule has 1 saturated heterocycles. The van der Waals surface area contributed by atoms with Crippen LogP contribution in [0, 0.1) is 17.8 Å². The summed E-state index contributed by atoms with van der Waals surface area (Å²) in [6, 6.07) is 0. The molecule has 80 valence electrons. The maximum absolute atomic E-state index is 11.7. The van der Waals surface area contributed by atoms with Crippen LogP contribution in [0.25, 0.3) is 0 Å². The van der Waals surface area contributed by atoms with Gasteiger partial charge in [-0.1, -0.05) is 12.2 Å². The molecule has 2 fully saturated rings. The number of imide groups is 1. The molecule has 1 N–H and O–H groups in total. The second-order valence-corrected chi connectivity index (χ2v) is 4.58. The Hall–Kier alpha value is -1.16. The summed E-state index contributed by atoms with van der Waals surface area (Å²) in [7, 11) is 1.61. The predicted octanol–water partition coefficient (Wildman–Crippen LogP) is 0.240. The fourth-order valence-corrected chi connectivity index (χ4v) is 3.28. The first kappa shape index (κ1) is 9.09. The first-order chi connectivity index (χ1) is 7.18. The van der Waals surface area contributed by atoms with Crippen LogP contribution in [0.15, 0.2) is 12.2 Å². The Morgan fingerprint density at radius 2 is 2.27 bits per heavy atom. The van der Waals surface area contributed by atoms with Crippen molar-refractivity contribution in [3.8, 4) is 0 Å². The fraction of sp³-hybridized carbons (Fsp3) is 0.636. The Labute approximate surface area is 87.7 Å². The van der Waals surface area contributed by atoms with Crippen molar-refractivity contribution >= 4 is 11.8 Å². The average Bonchev–Trinajstić information content (AvgIpc) is 2.59. The Balaban J connectivity index is 2.11. The van der Waals surface area contributed by atoms with Gasteiger partial charge in [0.1, 0.15) is 0 Å². The Bertz CT molecular complexity index is 376. The van der Waals surface area contributed by atoms with Crippen LogP contribution >= 0.6 is 0 Å². The fourth-order valence-electron chi connectivity index (χ4n) is 3.28. The standard InChI is InChI=1S/C11H13NO3/c1-15-11-4-2-6(3-5-11)7-8(11)10(14)12-9(7)13/h2,4,6-8H,3,5H2,1H3,(H,12,13,14). The van der Waals surface area contributed by atoms with Gasteiger partial charge in [-0.15, -0.1) is 0 Å². The third-order valence-corrected chi connectivity index (χ3v) is 4.05. The third kappa shape index (κ3) is 0.951. The number of carbonyl (C=O) groups is 2. The third-order valence-electron chi connectivity index (χ3n) is 4.05. The van der Waals surface area contributed by atoms with Gasteiger partial charge in [0, 0.05) is 7.11 Å². The molecule has 4 atom stereocenters. The molecule has 0 aromatic carbocycles. The van der Waals surface area contributed by atoms with E-state index in [2.05, 4.69) is 5.32 Å². The minimum Gasteiger partial charge on any atom is -0.373 e. The van der Waals surface area contributed by atoms with Gasteiger partial charge in [0.25, 0.3) is 0 Å². The van der Waals surface area contributed by atoms with E-state index in [1.54, 1.807) is 7.11 Å². The molecule has 4 aliphatic rings. The van der Waals surface area contributed by atoms with Gasteiger partial charge in [-0.3, -0.25) is 14.9 Å². The molecule has 2 bridgehead atoms. The lowest BCUT2D eigenvalue weighted by molar-refractivity contribution is -0.140. The van der Waals surface area contributed by atoms with Crippen molar-refractivity contribution in [3.05, 3.63) is 12.2 Å². The summed E-state index contributed by atoms with van der Waals surface area (Å²) in [5.74, 6) is -0.574. The van der Waals surface area contributed by atoms with Crippen LogP contribution in [0.3, 0.4) is 0 Å². The van der Waals surface area contributed by atoms with E-state index in [0.717, 1.165) is 12.8 Å². The summed E-state index contributed by atoms with van der Waals surface area (Å²) in [4.78, 5) is 23.4. The van der Waals surface area contributed by atoms with Crippen LogP contribution in [0.2, 0.25) is 0 Å². The highest BCUT2D eigenvalue weighted by atomic mass is 16.5. The maximum Gasteiger partial charge on any atom is 0.233 e. The largest absolute Gasteiger partial charge is 0.373 e. The van der Waals surface area contributed by atoms with Crippen molar-refractivity contribution in [2.75, 3.05) is 7.11 Å². The van der Waals surface area contributed by atoms with E-state index in [1.165, 1.54) is 0 Å². The molecule has 15 heavy (non-hydrogen) atoms. The summed E-state index contributed by atoms with van der Waals surface area (Å²) < 4.78 is 5.50. The summed E-state index contributed by atoms with van der Waals surface area (Å²) in [6.07, 6.45) is 5.78. The zero-order valence-corrected chi connectivity index (χ0v) is 8.53. The van der Waals surface area contributed by atoms with E-state index in [9.17, 15) is 9.59 Å². The van der Waals surface area contributed by atoms with E-state index in [0.29, 0.717) is 0 Å². The smallest absolute Gasteiger partial charge is 0.233 e. The lowest BCUT2D eigenvalue weighted by Crippen LogP contribution is -2.52. The number of hydrogen-bond acceptors (Lipinski definition) is 3. The van der Waals surface area contributed by atoms with Crippen LogP contribution in [0.4, 0.5) is 0 Å². The van der Waals surface area contributed by atoms with Crippen molar-refractivity contribution in [2.24, 2.45) is 17.8 Å². The van der Waals surface area contributed by atoms with Crippen LogP contribution in [-0.2, 0) is 14.3 Å². The van der Waals surface area contributed by atoms with E-state index in [-0.39, 0.29) is 29.6 Å². The summed E-state index contributed by atoms with van der Waals surface area (Å²) >= 11 is 0. The normalized spacial score (nSPS) is 46.9. The highest BCUT2D eigenvalue weighted by Crippen LogP contribution is 2.51. The molecule has 4 rings (SSSR count). The second-order valence-electron chi connectivity index (χ2n) is 4.58. The van der Waals surface area contributed by atoms with Gasteiger partial charge >= 0.3 is 0 Å². The average molecular weight is 207 g/mol. The molecule has 2 amide bonds. The molecule has 3 aliphatic carbocycles. The zero-order valence-electron chi connectivity index (χ0n) is 8.53. The number of hydrogen-bond donors (Lipinski definition) is 1. The zero-order chi connectivity index (χ0) is 10.6. The second kappa shape index (κ2) is 2.70. The first-order valence-corrected chi connectivity index (χ1v) is 5.27. The van der Waals surface area contributed by atoms with Crippen LogP contribution in [-0.4, -0.2) is 24.5 Å². The Morgan fingerprint density at radius 1 is 1.47 bits per heavy atom. The van der Waals surface area contributed by atoms with E-state index >= 15 is 0 Å². The molecule has 0 radical (unpaired) electrons. The summed E-state index contributed by atoms with van der Waals surface area (Å²) in [5.41, 5.74) is -0.532. The number of allylic oxidation sites excluding steroid dienone is 1. The molecule has 1 aliphatic heterocycles. The van der Waals surface area contributed by atoms with Crippen molar-refractivity contribution in [1.82, 2.24) is 5.32 Å². The topological polar surface area (TPSA) is 55.4 Å². The van der Waals surface area contributed by atoms with E-state index in [4.69, 9.17) is 4.74 Å². The molecule has 4 heteroatoms. The monoisotopic (exact) mass is 207 g/mol. The number of carbonyl (C=O) groups excluding carboxylic acids is 2. The minimum absolute atomic E-state index is 0.125.